The van der Waals surface area contributed by atoms with Crippen molar-refractivity contribution in [3.05, 3.63) is 47.5 Å². The average Bonchev–Trinajstić information content (AvgIpc) is 2.53. The van der Waals surface area contributed by atoms with Crippen molar-refractivity contribution in [3.63, 3.8) is 0 Å². The molecule has 0 radical (unpaired) electrons. The topological polar surface area (TPSA) is 30.5 Å². The molecule has 1 unspecified atom stereocenters. The van der Waals surface area contributed by atoms with Crippen molar-refractivity contribution >= 4 is 11.6 Å². The first-order valence-electron chi connectivity index (χ1n) is 7.56. The minimum Gasteiger partial charge on any atom is -0.486 e. The molecule has 1 aliphatic rings. The van der Waals surface area contributed by atoms with E-state index < -0.39 is 0 Å². The second-order valence-corrected chi connectivity index (χ2v) is 6.13. The van der Waals surface area contributed by atoms with Gasteiger partial charge in [-0.25, -0.2) is 0 Å². The maximum absolute atomic E-state index is 6.33. The van der Waals surface area contributed by atoms with Crippen LogP contribution in [0.4, 0.5) is 0 Å². The number of benzene rings is 2. The summed E-state index contributed by atoms with van der Waals surface area (Å²) in [7, 11) is 0. The van der Waals surface area contributed by atoms with Gasteiger partial charge in [-0.2, -0.15) is 0 Å². The monoisotopic (exact) mass is 317 g/mol. The molecule has 22 heavy (non-hydrogen) atoms. The lowest BCUT2D eigenvalue weighted by molar-refractivity contribution is 0.0897. The zero-order chi connectivity index (χ0) is 15.5. The second-order valence-electron chi connectivity index (χ2n) is 5.73. The lowest BCUT2D eigenvalue weighted by atomic mass is 10.0. The van der Waals surface area contributed by atoms with Crippen molar-refractivity contribution in [2.75, 3.05) is 13.2 Å². The van der Waals surface area contributed by atoms with Crippen LogP contribution in [0.1, 0.15) is 13.8 Å². The van der Waals surface area contributed by atoms with E-state index in [2.05, 4.69) is 19.2 Å². The third-order valence-electron chi connectivity index (χ3n) is 3.61. The van der Waals surface area contributed by atoms with Crippen LogP contribution in [0.3, 0.4) is 0 Å². The Morgan fingerprint density at radius 1 is 1.14 bits per heavy atom. The molecule has 0 saturated carbocycles. The van der Waals surface area contributed by atoms with Crippen LogP contribution in [0, 0.1) is 0 Å². The Morgan fingerprint density at radius 2 is 1.91 bits per heavy atom. The molecule has 1 N–H and O–H groups in total. The molecule has 1 atom stereocenters. The molecule has 0 aliphatic carbocycles. The number of para-hydroxylation sites is 1. The third-order valence-corrected chi connectivity index (χ3v) is 3.94. The van der Waals surface area contributed by atoms with Crippen molar-refractivity contribution in [1.29, 1.82) is 0 Å². The van der Waals surface area contributed by atoms with Crippen LogP contribution < -0.4 is 14.8 Å². The van der Waals surface area contributed by atoms with Crippen LogP contribution in [-0.2, 0) is 0 Å². The standard InChI is InChI=1S/C18H20ClNO2/c1-12(2)20-10-13-11-21-17-9-5-7-15(18(17)22-13)14-6-3-4-8-16(14)19/h3-9,12-13,20H,10-11H2,1-2H3. The Morgan fingerprint density at radius 3 is 2.68 bits per heavy atom. The molecule has 0 fully saturated rings. The summed E-state index contributed by atoms with van der Waals surface area (Å²) in [6.07, 6.45) is -0.00135. The lowest BCUT2D eigenvalue weighted by Gasteiger charge is -2.29. The fraction of sp³-hybridized carbons (Fsp3) is 0.333. The fourth-order valence-corrected chi connectivity index (χ4v) is 2.73. The van der Waals surface area contributed by atoms with Gasteiger partial charge in [-0.05, 0) is 12.1 Å². The van der Waals surface area contributed by atoms with Gasteiger partial charge in [0.2, 0.25) is 0 Å². The van der Waals surface area contributed by atoms with Gasteiger partial charge in [0.25, 0.3) is 0 Å². The van der Waals surface area contributed by atoms with E-state index in [0.717, 1.165) is 29.2 Å². The van der Waals surface area contributed by atoms with Crippen molar-refractivity contribution < 1.29 is 9.47 Å². The van der Waals surface area contributed by atoms with Crippen molar-refractivity contribution in [2.45, 2.75) is 26.0 Å². The van der Waals surface area contributed by atoms with Gasteiger partial charge in [-0.3, -0.25) is 0 Å². The van der Waals surface area contributed by atoms with Gasteiger partial charge in [0.1, 0.15) is 12.7 Å². The Kier molecular flexibility index (Phi) is 4.55. The largest absolute Gasteiger partial charge is 0.486 e. The molecule has 2 aromatic carbocycles. The number of fused-ring (bicyclic) bond motifs is 1. The number of ether oxygens (including phenoxy) is 2. The highest BCUT2D eigenvalue weighted by molar-refractivity contribution is 6.33. The van der Waals surface area contributed by atoms with Crippen LogP contribution in [0.5, 0.6) is 11.5 Å². The van der Waals surface area contributed by atoms with E-state index in [9.17, 15) is 0 Å². The second kappa shape index (κ2) is 6.59. The molecule has 4 heteroatoms. The summed E-state index contributed by atoms with van der Waals surface area (Å²) < 4.78 is 12.0. The lowest BCUT2D eigenvalue weighted by Crippen LogP contribution is -2.40. The van der Waals surface area contributed by atoms with Crippen molar-refractivity contribution in [1.82, 2.24) is 5.32 Å². The molecule has 0 amide bonds. The van der Waals surface area contributed by atoms with E-state index in [1.165, 1.54) is 0 Å². The van der Waals surface area contributed by atoms with Gasteiger partial charge < -0.3 is 14.8 Å². The van der Waals surface area contributed by atoms with E-state index in [1.54, 1.807) is 0 Å². The molecule has 0 spiro atoms. The number of hydrogen-bond acceptors (Lipinski definition) is 3. The zero-order valence-corrected chi connectivity index (χ0v) is 13.6. The molecule has 116 valence electrons. The number of rotatable bonds is 4. The maximum Gasteiger partial charge on any atom is 0.169 e. The molecule has 2 aromatic rings. The quantitative estimate of drug-likeness (QED) is 0.919. The minimum absolute atomic E-state index is 0.00135. The van der Waals surface area contributed by atoms with Crippen molar-refractivity contribution in [2.24, 2.45) is 0 Å². The summed E-state index contributed by atoms with van der Waals surface area (Å²) in [4.78, 5) is 0. The summed E-state index contributed by atoms with van der Waals surface area (Å²) in [6.45, 7) is 5.55. The molecule has 3 rings (SSSR count). The van der Waals surface area contributed by atoms with Crippen LogP contribution in [0.2, 0.25) is 5.02 Å². The van der Waals surface area contributed by atoms with E-state index in [4.69, 9.17) is 21.1 Å². The smallest absolute Gasteiger partial charge is 0.169 e. The Bertz CT molecular complexity index is 657. The normalized spacial score (nSPS) is 16.8. The van der Waals surface area contributed by atoms with Gasteiger partial charge in [0.05, 0.1) is 0 Å². The summed E-state index contributed by atoms with van der Waals surface area (Å²) in [5.41, 5.74) is 1.93. The fourth-order valence-electron chi connectivity index (χ4n) is 2.49. The third kappa shape index (κ3) is 3.21. The molecule has 3 nitrogen and oxygen atoms in total. The van der Waals surface area contributed by atoms with Crippen LogP contribution in [-0.4, -0.2) is 25.3 Å². The van der Waals surface area contributed by atoms with Crippen molar-refractivity contribution in [3.8, 4) is 22.6 Å². The van der Waals surface area contributed by atoms with Gasteiger partial charge in [0, 0.05) is 28.7 Å². The van der Waals surface area contributed by atoms with Crippen LogP contribution >= 0.6 is 11.6 Å². The number of halogens is 1. The van der Waals surface area contributed by atoms with E-state index >= 15 is 0 Å². The molecule has 0 bridgehead atoms. The maximum atomic E-state index is 6.33. The minimum atomic E-state index is -0.00135. The molecular formula is C18H20ClNO2. The molecule has 1 aliphatic heterocycles. The Labute approximate surface area is 136 Å². The molecular weight excluding hydrogens is 298 g/mol. The summed E-state index contributed by atoms with van der Waals surface area (Å²) in [5, 5.41) is 4.10. The summed E-state index contributed by atoms with van der Waals surface area (Å²) in [5.74, 6) is 1.55. The van der Waals surface area contributed by atoms with Gasteiger partial charge in [-0.1, -0.05) is 55.8 Å². The highest BCUT2D eigenvalue weighted by Gasteiger charge is 2.24. The molecule has 0 saturated heterocycles. The van der Waals surface area contributed by atoms with E-state index in [1.807, 2.05) is 42.5 Å². The van der Waals surface area contributed by atoms with Gasteiger partial charge >= 0.3 is 0 Å². The van der Waals surface area contributed by atoms with Gasteiger partial charge in [-0.15, -0.1) is 0 Å². The first-order chi connectivity index (χ1) is 10.6. The first kappa shape index (κ1) is 15.2. The molecule has 0 aromatic heterocycles. The SMILES string of the molecule is CC(C)NCC1COc2cccc(-c3ccccc3Cl)c2O1. The Hall–Kier alpha value is -1.71. The van der Waals surface area contributed by atoms with Crippen LogP contribution in [0.15, 0.2) is 42.5 Å². The summed E-state index contributed by atoms with van der Waals surface area (Å²) >= 11 is 6.33. The van der Waals surface area contributed by atoms with Gasteiger partial charge in [0.15, 0.2) is 11.5 Å². The summed E-state index contributed by atoms with van der Waals surface area (Å²) in [6, 6.07) is 14.1. The highest BCUT2D eigenvalue weighted by atomic mass is 35.5. The predicted octanol–water partition coefficient (Wildman–Crippen LogP) is 4.14. The van der Waals surface area contributed by atoms with Crippen LogP contribution in [0.25, 0.3) is 11.1 Å². The predicted molar refractivity (Wildman–Crippen MR) is 89.9 cm³/mol. The highest BCUT2D eigenvalue weighted by Crippen LogP contribution is 2.42. The van der Waals surface area contributed by atoms with E-state index in [0.29, 0.717) is 17.7 Å². The average molecular weight is 318 g/mol. The number of nitrogens with one attached hydrogen (secondary N) is 1. The number of hydrogen-bond donors (Lipinski definition) is 1. The zero-order valence-electron chi connectivity index (χ0n) is 12.8. The molecule has 1 heterocycles. The Balaban J connectivity index is 1.91. The first-order valence-corrected chi connectivity index (χ1v) is 7.93. The van der Waals surface area contributed by atoms with E-state index in [-0.39, 0.29) is 6.10 Å².